The van der Waals surface area contributed by atoms with Crippen molar-refractivity contribution in [1.82, 2.24) is 0 Å². The van der Waals surface area contributed by atoms with Crippen molar-refractivity contribution in [3.63, 3.8) is 0 Å². The quantitative estimate of drug-likeness (QED) is 0.624. The van der Waals surface area contributed by atoms with Crippen LogP contribution < -0.4 is 5.90 Å². The topological polar surface area (TPSA) is 61.5 Å². The molecule has 1 atom stereocenters. The minimum atomic E-state index is -0.313. The van der Waals surface area contributed by atoms with Crippen LogP contribution in [0.25, 0.3) is 0 Å². The van der Waals surface area contributed by atoms with Crippen LogP contribution in [0.2, 0.25) is 0 Å². The van der Waals surface area contributed by atoms with E-state index in [-0.39, 0.29) is 11.9 Å². The molecule has 0 aliphatic heterocycles. The van der Waals surface area contributed by atoms with E-state index in [0.717, 1.165) is 11.1 Å². The van der Waals surface area contributed by atoms with Crippen LogP contribution in [0.3, 0.4) is 0 Å². The van der Waals surface area contributed by atoms with Gasteiger partial charge in [0.2, 0.25) is 0 Å². The molecule has 1 rings (SSSR count). The maximum absolute atomic E-state index is 11.4. The molecular weight excluding hydrogens is 206 g/mol. The fourth-order valence-corrected chi connectivity index (χ4v) is 1.57. The van der Waals surface area contributed by atoms with Gasteiger partial charge in [0, 0.05) is 5.92 Å². The number of ether oxygens (including phenoxy) is 1. The van der Waals surface area contributed by atoms with E-state index in [9.17, 15) is 4.79 Å². The first-order valence-corrected chi connectivity index (χ1v) is 5.10. The summed E-state index contributed by atoms with van der Waals surface area (Å²) in [6.45, 7) is 4.35. The minimum Gasteiger partial charge on any atom is -0.465 e. The number of carbonyl (C=O) groups excluding carboxylic acids is 1. The van der Waals surface area contributed by atoms with E-state index in [0.29, 0.717) is 12.2 Å². The van der Waals surface area contributed by atoms with Crippen LogP contribution >= 0.6 is 0 Å². The Morgan fingerprint density at radius 1 is 1.50 bits per heavy atom. The smallest absolute Gasteiger partial charge is 0.338 e. The maximum Gasteiger partial charge on any atom is 0.338 e. The molecule has 88 valence electrons. The van der Waals surface area contributed by atoms with Crippen molar-refractivity contribution in [1.29, 1.82) is 0 Å². The number of hydrogen-bond acceptors (Lipinski definition) is 4. The van der Waals surface area contributed by atoms with Gasteiger partial charge < -0.3 is 9.57 Å². The van der Waals surface area contributed by atoms with Gasteiger partial charge in [0.1, 0.15) is 0 Å². The van der Waals surface area contributed by atoms with E-state index >= 15 is 0 Å². The Hall–Kier alpha value is -1.39. The summed E-state index contributed by atoms with van der Waals surface area (Å²) in [5.41, 5.74) is 2.58. The van der Waals surface area contributed by atoms with Crippen molar-refractivity contribution in [2.24, 2.45) is 5.90 Å². The van der Waals surface area contributed by atoms with Crippen molar-refractivity contribution in [3.8, 4) is 0 Å². The lowest BCUT2D eigenvalue weighted by molar-refractivity contribution is 0.0600. The van der Waals surface area contributed by atoms with Gasteiger partial charge >= 0.3 is 5.97 Å². The fraction of sp³-hybridized carbons (Fsp3) is 0.417. The summed E-state index contributed by atoms with van der Waals surface area (Å²) in [4.78, 5) is 16.0. The average molecular weight is 223 g/mol. The van der Waals surface area contributed by atoms with Crippen LogP contribution in [-0.4, -0.2) is 19.7 Å². The third-order valence-corrected chi connectivity index (χ3v) is 2.57. The second-order valence-electron chi connectivity index (χ2n) is 3.80. The zero-order valence-electron chi connectivity index (χ0n) is 9.82. The van der Waals surface area contributed by atoms with Gasteiger partial charge in [-0.15, -0.1) is 0 Å². The Balaban J connectivity index is 2.94. The Kier molecular flexibility index (Phi) is 4.46. The second kappa shape index (κ2) is 5.63. The highest BCUT2D eigenvalue weighted by molar-refractivity contribution is 5.90. The van der Waals surface area contributed by atoms with Crippen LogP contribution in [0.15, 0.2) is 18.2 Å². The molecular formula is C12H17NO3. The molecule has 0 aliphatic rings. The Morgan fingerprint density at radius 3 is 2.69 bits per heavy atom. The molecule has 0 aliphatic carbocycles. The number of rotatable bonds is 4. The second-order valence-corrected chi connectivity index (χ2v) is 3.80. The lowest BCUT2D eigenvalue weighted by Gasteiger charge is -2.12. The molecule has 0 amide bonds. The molecule has 0 saturated heterocycles. The molecule has 4 nitrogen and oxygen atoms in total. The molecule has 0 fully saturated rings. The van der Waals surface area contributed by atoms with Gasteiger partial charge in [-0.25, -0.2) is 10.7 Å². The number of hydrogen-bond donors (Lipinski definition) is 1. The fourth-order valence-electron chi connectivity index (χ4n) is 1.57. The van der Waals surface area contributed by atoms with Crippen molar-refractivity contribution in [2.45, 2.75) is 19.8 Å². The third kappa shape index (κ3) is 2.81. The predicted octanol–water partition coefficient (Wildman–Crippen LogP) is 1.78. The number of nitrogens with two attached hydrogens (primary N) is 1. The highest BCUT2D eigenvalue weighted by Gasteiger charge is 2.12. The molecule has 0 spiro atoms. The number of methoxy groups -OCH3 is 1. The van der Waals surface area contributed by atoms with Crippen LogP contribution in [0.5, 0.6) is 0 Å². The maximum atomic E-state index is 11.4. The Morgan fingerprint density at radius 2 is 2.19 bits per heavy atom. The van der Waals surface area contributed by atoms with E-state index in [2.05, 4.69) is 9.57 Å². The van der Waals surface area contributed by atoms with Gasteiger partial charge in [0.05, 0.1) is 19.3 Å². The normalized spacial score (nSPS) is 12.2. The molecule has 1 unspecified atom stereocenters. The van der Waals surface area contributed by atoms with Crippen molar-refractivity contribution in [2.75, 3.05) is 13.7 Å². The van der Waals surface area contributed by atoms with Crippen molar-refractivity contribution >= 4 is 5.97 Å². The van der Waals surface area contributed by atoms with E-state index in [1.165, 1.54) is 7.11 Å². The van der Waals surface area contributed by atoms with E-state index in [1.807, 2.05) is 26.0 Å². The third-order valence-electron chi connectivity index (χ3n) is 2.57. The average Bonchev–Trinajstić information content (AvgIpc) is 2.28. The molecule has 2 N–H and O–H groups in total. The molecule has 1 aromatic carbocycles. The molecule has 0 bridgehead atoms. The SMILES string of the molecule is COC(=O)c1ccc(C(C)CON)cc1C. The van der Waals surface area contributed by atoms with Crippen LogP contribution in [0, 0.1) is 6.92 Å². The summed E-state index contributed by atoms with van der Waals surface area (Å²) in [5.74, 6) is 4.92. The Bertz CT molecular complexity index is 377. The van der Waals surface area contributed by atoms with Crippen molar-refractivity contribution < 1.29 is 14.4 Å². The van der Waals surface area contributed by atoms with Gasteiger partial charge in [-0.1, -0.05) is 19.1 Å². The highest BCUT2D eigenvalue weighted by Crippen LogP contribution is 2.19. The van der Waals surface area contributed by atoms with Gasteiger partial charge in [0.25, 0.3) is 0 Å². The first kappa shape index (κ1) is 12.7. The Labute approximate surface area is 95.3 Å². The van der Waals surface area contributed by atoms with Crippen molar-refractivity contribution in [3.05, 3.63) is 34.9 Å². The molecule has 4 heteroatoms. The van der Waals surface area contributed by atoms with Crippen LogP contribution in [-0.2, 0) is 9.57 Å². The number of benzene rings is 1. The summed E-state index contributed by atoms with van der Waals surface area (Å²) >= 11 is 0. The predicted molar refractivity (Wildman–Crippen MR) is 61.1 cm³/mol. The van der Waals surface area contributed by atoms with Gasteiger partial charge in [-0.3, -0.25) is 0 Å². The van der Waals surface area contributed by atoms with E-state index in [4.69, 9.17) is 5.90 Å². The summed E-state index contributed by atoms with van der Waals surface area (Å²) in [6, 6.07) is 5.61. The number of aryl methyl sites for hydroxylation is 1. The molecule has 1 aromatic rings. The van der Waals surface area contributed by atoms with Gasteiger partial charge in [-0.2, -0.15) is 0 Å². The minimum absolute atomic E-state index is 0.204. The summed E-state index contributed by atoms with van der Waals surface area (Å²) in [6.07, 6.45) is 0. The number of carbonyl (C=O) groups is 1. The standard InChI is InChI=1S/C12H17NO3/c1-8-6-10(9(2)7-16-13)4-5-11(8)12(14)15-3/h4-6,9H,7,13H2,1-3H3. The summed E-state index contributed by atoms with van der Waals surface area (Å²) in [7, 11) is 1.38. The first-order chi connectivity index (χ1) is 7.60. The van der Waals surface area contributed by atoms with Gasteiger partial charge in [-0.05, 0) is 24.1 Å². The highest BCUT2D eigenvalue weighted by atomic mass is 16.6. The zero-order valence-corrected chi connectivity index (χ0v) is 9.82. The summed E-state index contributed by atoms with van der Waals surface area (Å²) < 4.78 is 4.68. The molecule has 0 aromatic heterocycles. The monoisotopic (exact) mass is 223 g/mol. The zero-order chi connectivity index (χ0) is 12.1. The van der Waals surface area contributed by atoms with E-state index in [1.54, 1.807) is 6.07 Å². The molecule has 0 heterocycles. The molecule has 0 radical (unpaired) electrons. The van der Waals surface area contributed by atoms with Crippen LogP contribution in [0.1, 0.15) is 34.3 Å². The largest absolute Gasteiger partial charge is 0.465 e. The molecule has 16 heavy (non-hydrogen) atoms. The lowest BCUT2D eigenvalue weighted by Crippen LogP contribution is -2.10. The van der Waals surface area contributed by atoms with Gasteiger partial charge in [0.15, 0.2) is 0 Å². The first-order valence-electron chi connectivity index (χ1n) is 5.10. The van der Waals surface area contributed by atoms with Crippen LogP contribution in [0.4, 0.5) is 0 Å². The number of esters is 1. The van der Waals surface area contributed by atoms with E-state index < -0.39 is 0 Å². The summed E-state index contributed by atoms with van der Waals surface area (Å²) in [5, 5.41) is 0. The lowest BCUT2D eigenvalue weighted by atomic mass is 9.97. The molecule has 0 saturated carbocycles.